The Labute approximate surface area is 207 Å². The Morgan fingerprint density at radius 2 is 1.74 bits per heavy atom. The van der Waals surface area contributed by atoms with Crippen molar-refractivity contribution in [1.29, 1.82) is 0 Å². The minimum Gasteiger partial charge on any atom is -0.343 e. The molecular formula is C28H27N3O3S. The monoisotopic (exact) mass is 485 g/mol. The number of nitrogens with zero attached hydrogens (tertiary/aromatic N) is 2. The van der Waals surface area contributed by atoms with E-state index in [-0.39, 0.29) is 18.5 Å². The lowest BCUT2D eigenvalue weighted by Crippen LogP contribution is -2.43. The first kappa shape index (κ1) is 23.1. The van der Waals surface area contributed by atoms with E-state index in [1.165, 1.54) is 40.8 Å². The highest BCUT2D eigenvalue weighted by Gasteiger charge is 2.21. The summed E-state index contributed by atoms with van der Waals surface area (Å²) in [6.07, 6.45) is 6.02. The third-order valence-electron chi connectivity index (χ3n) is 6.48. The predicted molar refractivity (Wildman–Crippen MR) is 138 cm³/mol. The second-order valence-corrected chi connectivity index (χ2v) is 9.87. The van der Waals surface area contributed by atoms with Crippen LogP contribution in [0.4, 0.5) is 0 Å². The van der Waals surface area contributed by atoms with E-state index >= 15 is 0 Å². The summed E-state index contributed by atoms with van der Waals surface area (Å²) in [7, 11) is 0. The van der Waals surface area contributed by atoms with Crippen LogP contribution in [0.15, 0.2) is 87.9 Å². The van der Waals surface area contributed by atoms with E-state index in [1.54, 1.807) is 11.3 Å². The maximum absolute atomic E-state index is 13.1. The van der Waals surface area contributed by atoms with Gasteiger partial charge in [0, 0.05) is 17.1 Å². The van der Waals surface area contributed by atoms with E-state index in [0.29, 0.717) is 6.54 Å². The van der Waals surface area contributed by atoms with Crippen molar-refractivity contribution in [3.05, 3.63) is 126 Å². The van der Waals surface area contributed by atoms with Crippen LogP contribution in [0.3, 0.4) is 0 Å². The smallest absolute Gasteiger partial charge is 0.331 e. The first-order valence-electron chi connectivity index (χ1n) is 11.9. The predicted octanol–water partition coefficient (Wildman–Crippen LogP) is 3.90. The minimum absolute atomic E-state index is 0.328. The van der Waals surface area contributed by atoms with Gasteiger partial charge in [-0.2, -0.15) is 0 Å². The van der Waals surface area contributed by atoms with Crippen molar-refractivity contribution in [2.45, 2.75) is 44.8 Å². The summed E-state index contributed by atoms with van der Waals surface area (Å²) in [6, 6.07) is 20.9. The number of benzene rings is 2. The lowest BCUT2D eigenvalue weighted by Gasteiger charge is -2.22. The van der Waals surface area contributed by atoms with Crippen molar-refractivity contribution in [3.8, 4) is 0 Å². The Morgan fingerprint density at radius 3 is 2.51 bits per heavy atom. The molecule has 1 atom stereocenters. The third kappa shape index (κ3) is 5.20. The van der Waals surface area contributed by atoms with Gasteiger partial charge in [0.05, 0.1) is 12.6 Å². The quantitative estimate of drug-likeness (QED) is 0.432. The number of thiophene rings is 1. The molecule has 5 rings (SSSR count). The van der Waals surface area contributed by atoms with E-state index in [0.717, 1.165) is 33.4 Å². The zero-order chi connectivity index (χ0) is 24.2. The fourth-order valence-electron chi connectivity index (χ4n) is 4.66. The Bertz CT molecular complexity index is 1440. The highest BCUT2D eigenvalue weighted by atomic mass is 32.1. The number of aromatic nitrogens is 2. The van der Waals surface area contributed by atoms with Gasteiger partial charge < -0.3 is 5.32 Å². The molecule has 1 aliphatic rings. The molecule has 0 saturated heterocycles. The summed E-state index contributed by atoms with van der Waals surface area (Å²) >= 11 is 1.57. The van der Waals surface area contributed by atoms with Crippen molar-refractivity contribution in [3.63, 3.8) is 0 Å². The maximum atomic E-state index is 13.1. The molecule has 178 valence electrons. The number of hydrogen-bond acceptors (Lipinski definition) is 4. The van der Waals surface area contributed by atoms with Crippen LogP contribution in [-0.2, 0) is 30.7 Å². The van der Waals surface area contributed by atoms with Gasteiger partial charge in [-0.05, 0) is 59.4 Å². The molecule has 0 spiro atoms. The zero-order valence-electron chi connectivity index (χ0n) is 19.4. The van der Waals surface area contributed by atoms with Crippen LogP contribution in [0.1, 0.15) is 46.0 Å². The van der Waals surface area contributed by atoms with Crippen LogP contribution in [-0.4, -0.2) is 15.0 Å². The average molecular weight is 486 g/mol. The number of rotatable bonds is 7. The molecule has 0 aliphatic heterocycles. The number of aryl methyl sites for hydroxylation is 2. The van der Waals surface area contributed by atoms with Crippen LogP contribution in [0, 0.1) is 0 Å². The summed E-state index contributed by atoms with van der Waals surface area (Å²) in [6.45, 7) is -0.00533. The summed E-state index contributed by atoms with van der Waals surface area (Å²) in [5, 5.41) is 5.06. The number of hydrogen-bond donors (Lipinski definition) is 1. The molecule has 6 nitrogen and oxygen atoms in total. The zero-order valence-corrected chi connectivity index (χ0v) is 20.2. The molecule has 7 heteroatoms. The van der Waals surface area contributed by atoms with E-state index in [1.807, 2.05) is 47.8 Å². The number of amides is 1. The fourth-order valence-corrected chi connectivity index (χ4v) is 5.46. The van der Waals surface area contributed by atoms with Crippen molar-refractivity contribution in [1.82, 2.24) is 14.5 Å². The van der Waals surface area contributed by atoms with Gasteiger partial charge >= 0.3 is 5.69 Å². The highest BCUT2D eigenvalue weighted by molar-refractivity contribution is 7.10. The van der Waals surface area contributed by atoms with Gasteiger partial charge in [0.25, 0.3) is 5.56 Å². The molecule has 2 aromatic carbocycles. The molecule has 1 unspecified atom stereocenters. The second-order valence-electron chi connectivity index (χ2n) is 8.89. The first-order chi connectivity index (χ1) is 17.1. The summed E-state index contributed by atoms with van der Waals surface area (Å²) < 4.78 is 2.45. The first-order valence-corrected chi connectivity index (χ1v) is 12.7. The average Bonchev–Trinajstić information content (AvgIpc) is 3.42. The van der Waals surface area contributed by atoms with Crippen LogP contribution in [0.25, 0.3) is 0 Å². The summed E-state index contributed by atoms with van der Waals surface area (Å²) in [5.74, 6) is -0.377. The SMILES string of the molecule is O=C(Cn1c(=O)ccn(Cc2ccccc2)c1=O)NC(c1ccc2c(c1)CCCC2)c1cccs1. The molecule has 4 aromatic rings. The normalized spacial score (nSPS) is 13.7. The largest absolute Gasteiger partial charge is 0.343 e. The van der Waals surface area contributed by atoms with Gasteiger partial charge in [0.15, 0.2) is 0 Å². The van der Waals surface area contributed by atoms with Gasteiger partial charge in [-0.3, -0.25) is 18.7 Å². The number of fused-ring (bicyclic) bond motifs is 1. The maximum Gasteiger partial charge on any atom is 0.331 e. The van der Waals surface area contributed by atoms with Crippen LogP contribution < -0.4 is 16.6 Å². The fraction of sp³-hybridized carbons (Fsp3) is 0.250. The number of carbonyl (C=O) groups excluding carboxylic acids is 1. The van der Waals surface area contributed by atoms with Crippen LogP contribution in [0.2, 0.25) is 0 Å². The molecule has 1 N–H and O–H groups in total. The molecule has 2 aromatic heterocycles. The lowest BCUT2D eigenvalue weighted by atomic mass is 9.89. The summed E-state index contributed by atoms with van der Waals surface area (Å²) in [4.78, 5) is 39.7. The molecule has 0 bridgehead atoms. The van der Waals surface area contributed by atoms with Gasteiger partial charge in [-0.1, -0.05) is 54.6 Å². The molecule has 0 saturated carbocycles. The Kier molecular flexibility index (Phi) is 6.77. The van der Waals surface area contributed by atoms with E-state index in [9.17, 15) is 14.4 Å². The molecular weight excluding hydrogens is 458 g/mol. The van der Waals surface area contributed by atoms with E-state index in [2.05, 4.69) is 23.5 Å². The topological polar surface area (TPSA) is 73.1 Å². The van der Waals surface area contributed by atoms with Crippen LogP contribution >= 0.6 is 11.3 Å². The minimum atomic E-state index is -0.502. The van der Waals surface area contributed by atoms with Crippen molar-refractivity contribution in [2.75, 3.05) is 0 Å². The number of nitrogens with one attached hydrogen (secondary N) is 1. The van der Waals surface area contributed by atoms with Gasteiger partial charge in [0.2, 0.25) is 5.91 Å². The molecule has 1 amide bonds. The standard InChI is InChI=1S/C28H27N3O3S/c32-25(19-31-26(33)14-15-30(28(31)34)18-20-7-2-1-3-8-20)29-27(24-11-6-16-35-24)23-13-12-21-9-4-5-10-22(21)17-23/h1-3,6-8,11-17,27H,4-5,9-10,18-19H2,(H,29,32). The molecule has 35 heavy (non-hydrogen) atoms. The summed E-state index contributed by atoms with van der Waals surface area (Å²) in [5.41, 5.74) is 3.69. The molecule has 1 aliphatic carbocycles. The second kappa shape index (κ2) is 10.3. The van der Waals surface area contributed by atoms with E-state index in [4.69, 9.17) is 0 Å². The lowest BCUT2D eigenvalue weighted by molar-refractivity contribution is -0.122. The van der Waals surface area contributed by atoms with Crippen LogP contribution in [0.5, 0.6) is 0 Å². The molecule has 2 heterocycles. The van der Waals surface area contributed by atoms with Crippen molar-refractivity contribution < 1.29 is 4.79 Å². The Hall–Kier alpha value is -3.71. The van der Waals surface area contributed by atoms with E-state index < -0.39 is 11.2 Å². The van der Waals surface area contributed by atoms with Crippen molar-refractivity contribution >= 4 is 17.2 Å². The van der Waals surface area contributed by atoms with Crippen molar-refractivity contribution in [2.24, 2.45) is 0 Å². The highest BCUT2D eigenvalue weighted by Crippen LogP contribution is 2.30. The number of carbonyl (C=O) groups is 1. The molecule has 0 fully saturated rings. The van der Waals surface area contributed by atoms with Gasteiger partial charge in [-0.15, -0.1) is 11.3 Å². The van der Waals surface area contributed by atoms with Gasteiger partial charge in [-0.25, -0.2) is 4.79 Å². The van der Waals surface area contributed by atoms with Gasteiger partial charge in [0.1, 0.15) is 6.54 Å². The Morgan fingerprint density at radius 1 is 0.943 bits per heavy atom. The Balaban J connectivity index is 1.39. The molecule has 0 radical (unpaired) electrons. The third-order valence-corrected chi connectivity index (χ3v) is 7.41.